The molecular weight excluding hydrogens is 573 g/mol. The van der Waals surface area contributed by atoms with Crippen molar-refractivity contribution in [1.82, 2.24) is 9.13 Å². The Balaban J connectivity index is 2.02. The molecular formula is C30H35F3N2O8. The van der Waals surface area contributed by atoms with Gasteiger partial charge in [0.15, 0.2) is 0 Å². The molecule has 0 N–H and O–H groups in total. The summed E-state index contributed by atoms with van der Waals surface area (Å²) in [6.07, 6.45) is -7.62. The Kier molecular flexibility index (Phi) is 10.6. The molecule has 1 aromatic carbocycles. The molecule has 3 atom stereocenters. The maximum Gasteiger partial charge on any atom is 0.423 e. The van der Waals surface area contributed by atoms with Gasteiger partial charge in [0.2, 0.25) is 0 Å². The van der Waals surface area contributed by atoms with E-state index >= 15 is 0 Å². The summed E-state index contributed by atoms with van der Waals surface area (Å²) in [5, 5.41) is 0. The summed E-state index contributed by atoms with van der Waals surface area (Å²) in [5.41, 5.74) is -5.96. The molecule has 2 heterocycles. The first-order valence-corrected chi connectivity index (χ1v) is 13.6. The number of esters is 1. The number of methoxy groups -OCH3 is 1. The minimum atomic E-state index is -5.20. The van der Waals surface area contributed by atoms with Gasteiger partial charge in [0.25, 0.3) is 11.5 Å². The van der Waals surface area contributed by atoms with Gasteiger partial charge in [-0.1, -0.05) is 19.8 Å². The summed E-state index contributed by atoms with van der Waals surface area (Å²) in [5.74, 6) is 4.68. The lowest BCUT2D eigenvalue weighted by Gasteiger charge is -2.22. The first-order chi connectivity index (χ1) is 20.0. The van der Waals surface area contributed by atoms with Crippen molar-refractivity contribution in [3.63, 3.8) is 0 Å². The molecule has 0 radical (unpaired) electrons. The van der Waals surface area contributed by atoms with Crippen LogP contribution in [0.1, 0.15) is 69.6 Å². The molecule has 3 rings (SSSR count). The third-order valence-electron chi connectivity index (χ3n) is 6.45. The van der Waals surface area contributed by atoms with Crippen LogP contribution in [-0.2, 0) is 25.2 Å². The van der Waals surface area contributed by atoms with Gasteiger partial charge in [0.05, 0.1) is 18.6 Å². The second-order valence-corrected chi connectivity index (χ2v) is 11.4. The van der Waals surface area contributed by atoms with Crippen LogP contribution in [0.5, 0.6) is 5.75 Å². The van der Waals surface area contributed by atoms with Crippen molar-refractivity contribution in [3.05, 3.63) is 62.4 Å². The molecule has 13 heteroatoms. The van der Waals surface area contributed by atoms with Crippen LogP contribution in [0.4, 0.5) is 13.2 Å². The summed E-state index contributed by atoms with van der Waals surface area (Å²) in [6.45, 7) is 8.57. The third-order valence-corrected chi connectivity index (χ3v) is 6.45. The molecule has 1 aliphatic heterocycles. The van der Waals surface area contributed by atoms with Gasteiger partial charge in [0, 0.05) is 24.6 Å². The first kappa shape index (κ1) is 33.6. The number of alkyl halides is 3. The number of carbonyl (C=O) groups is 2. The van der Waals surface area contributed by atoms with Crippen LogP contribution in [0.2, 0.25) is 0 Å². The van der Waals surface area contributed by atoms with Crippen LogP contribution in [0.3, 0.4) is 0 Å². The van der Waals surface area contributed by atoms with Crippen LogP contribution in [0.15, 0.2) is 40.1 Å². The largest absolute Gasteiger partial charge is 0.497 e. The lowest BCUT2D eigenvalue weighted by molar-refractivity contribution is -0.160. The zero-order valence-corrected chi connectivity index (χ0v) is 24.8. The molecule has 2 aromatic rings. The standard InChI is InChI=1S/C30H35F3N2O8/c1-18(2)9-7-8-14-41-22-15-24(43-23(22)17-42-27(38)29(3,4)5)34-16-21(30(31,32)33)26(37)35(28(34)39)25(36)19-10-12-20(40-6)13-11-19/h10-13,16,18,22-24H,9,14-15,17H2,1-6H3/t22-,23+,24+/m0/s1. The van der Waals surface area contributed by atoms with Crippen molar-refractivity contribution < 1.29 is 41.7 Å². The van der Waals surface area contributed by atoms with E-state index in [-0.39, 0.29) is 29.8 Å². The quantitative estimate of drug-likeness (QED) is 0.326. The number of nitrogens with zero attached hydrogens (tertiary/aromatic N) is 2. The molecule has 0 spiro atoms. The number of hydrogen-bond acceptors (Lipinski definition) is 8. The van der Waals surface area contributed by atoms with Gasteiger partial charge in [-0.3, -0.25) is 19.0 Å². The van der Waals surface area contributed by atoms with Gasteiger partial charge in [-0.2, -0.15) is 17.7 Å². The Morgan fingerprint density at radius 3 is 2.30 bits per heavy atom. The number of halogens is 3. The highest BCUT2D eigenvalue weighted by Crippen LogP contribution is 2.32. The minimum Gasteiger partial charge on any atom is -0.497 e. The zero-order valence-electron chi connectivity index (χ0n) is 24.8. The molecule has 0 saturated carbocycles. The lowest BCUT2D eigenvalue weighted by Crippen LogP contribution is -2.47. The van der Waals surface area contributed by atoms with E-state index < -0.39 is 58.7 Å². The van der Waals surface area contributed by atoms with Gasteiger partial charge < -0.3 is 18.9 Å². The Bertz CT molecular complexity index is 1490. The van der Waals surface area contributed by atoms with Crippen molar-refractivity contribution >= 4 is 11.9 Å². The average Bonchev–Trinajstić information content (AvgIpc) is 3.32. The number of hydrogen-bond donors (Lipinski definition) is 0. The molecule has 43 heavy (non-hydrogen) atoms. The second kappa shape index (κ2) is 13.6. The van der Waals surface area contributed by atoms with E-state index in [1.54, 1.807) is 20.8 Å². The van der Waals surface area contributed by atoms with E-state index in [9.17, 15) is 32.3 Å². The highest BCUT2D eigenvalue weighted by molar-refractivity contribution is 5.95. The maximum atomic E-state index is 14.0. The molecule has 1 aliphatic rings. The predicted octanol–water partition coefficient (Wildman–Crippen LogP) is 4.04. The topological polar surface area (TPSA) is 115 Å². The van der Waals surface area contributed by atoms with Crippen molar-refractivity contribution in [1.29, 1.82) is 0 Å². The van der Waals surface area contributed by atoms with Crippen molar-refractivity contribution in [2.45, 2.75) is 72.1 Å². The van der Waals surface area contributed by atoms with Gasteiger partial charge in [-0.15, -0.1) is 5.92 Å². The monoisotopic (exact) mass is 608 g/mol. The van der Waals surface area contributed by atoms with Gasteiger partial charge in [0.1, 0.15) is 36.9 Å². The van der Waals surface area contributed by atoms with Crippen molar-refractivity contribution in [3.8, 4) is 17.6 Å². The van der Waals surface area contributed by atoms with Gasteiger partial charge in [-0.25, -0.2) is 4.79 Å². The van der Waals surface area contributed by atoms with E-state index in [4.69, 9.17) is 18.9 Å². The average molecular weight is 609 g/mol. The molecule has 1 saturated heterocycles. The zero-order chi connectivity index (χ0) is 32.1. The summed E-state index contributed by atoms with van der Waals surface area (Å²) in [6, 6.07) is 5.15. The molecule has 1 fully saturated rings. The maximum absolute atomic E-state index is 14.0. The fraction of sp³-hybridized carbons (Fsp3) is 0.533. The van der Waals surface area contributed by atoms with E-state index in [1.165, 1.54) is 31.4 Å². The number of benzene rings is 1. The van der Waals surface area contributed by atoms with Gasteiger partial charge in [-0.05, 0) is 51.0 Å². The summed E-state index contributed by atoms with van der Waals surface area (Å²) in [4.78, 5) is 51.9. The van der Waals surface area contributed by atoms with Crippen LogP contribution < -0.4 is 16.0 Å². The smallest absolute Gasteiger partial charge is 0.423 e. The highest BCUT2D eigenvalue weighted by Gasteiger charge is 2.42. The van der Waals surface area contributed by atoms with Gasteiger partial charge >= 0.3 is 17.8 Å². The molecule has 0 amide bonds. The van der Waals surface area contributed by atoms with Crippen molar-refractivity contribution in [2.24, 2.45) is 11.3 Å². The van der Waals surface area contributed by atoms with E-state index in [2.05, 4.69) is 11.8 Å². The first-order valence-electron chi connectivity index (χ1n) is 13.6. The van der Waals surface area contributed by atoms with E-state index in [1.807, 2.05) is 13.8 Å². The summed E-state index contributed by atoms with van der Waals surface area (Å²) in [7, 11) is 1.38. The Morgan fingerprint density at radius 2 is 1.74 bits per heavy atom. The number of rotatable bonds is 8. The third kappa shape index (κ3) is 8.36. The molecule has 0 aliphatic carbocycles. The van der Waals surface area contributed by atoms with E-state index in [0.717, 1.165) is 0 Å². The van der Waals surface area contributed by atoms with E-state index in [0.29, 0.717) is 28.9 Å². The summed E-state index contributed by atoms with van der Waals surface area (Å²) < 4.78 is 64.4. The fourth-order valence-electron chi connectivity index (χ4n) is 4.06. The molecule has 0 bridgehead atoms. The number of ether oxygens (including phenoxy) is 4. The van der Waals surface area contributed by atoms with Crippen molar-refractivity contribution in [2.75, 3.05) is 20.3 Å². The summed E-state index contributed by atoms with van der Waals surface area (Å²) >= 11 is 0. The Hall–Kier alpha value is -3.89. The number of aromatic nitrogens is 2. The Labute approximate surface area is 246 Å². The highest BCUT2D eigenvalue weighted by atomic mass is 19.4. The SMILES string of the molecule is COc1ccc(C(=O)n2c(=O)c(C(F)(F)F)cn([C@H]3C[C@H](OCC#CCC(C)C)[C@@H](COC(=O)C(C)(C)C)O3)c2=O)cc1. The number of carbonyl (C=O) groups excluding carboxylic acids is 2. The van der Waals surface area contributed by atoms with Crippen LogP contribution >= 0.6 is 0 Å². The lowest BCUT2D eigenvalue weighted by atomic mass is 9.97. The van der Waals surface area contributed by atoms with Crippen LogP contribution in [0.25, 0.3) is 0 Å². The molecule has 10 nitrogen and oxygen atoms in total. The minimum absolute atomic E-state index is 0.0463. The molecule has 0 unspecified atom stereocenters. The predicted molar refractivity (Wildman–Crippen MR) is 149 cm³/mol. The fourth-order valence-corrected chi connectivity index (χ4v) is 4.06. The molecule has 234 valence electrons. The second-order valence-electron chi connectivity index (χ2n) is 11.4. The normalized spacial score (nSPS) is 18.7. The Morgan fingerprint density at radius 1 is 1.09 bits per heavy atom. The van der Waals surface area contributed by atoms with Crippen LogP contribution in [-0.4, -0.2) is 53.5 Å². The van der Waals surface area contributed by atoms with Crippen LogP contribution in [0, 0.1) is 23.2 Å². The molecule has 1 aromatic heterocycles.